The largest absolute Gasteiger partial charge is 0.494 e. The van der Waals surface area contributed by atoms with Crippen molar-refractivity contribution in [2.45, 2.75) is 26.4 Å². The lowest BCUT2D eigenvalue weighted by molar-refractivity contribution is -0.140. The number of ether oxygens (including phenoxy) is 1. The van der Waals surface area contributed by atoms with E-state index < -0.39 is 39.9 Å². The molecule has 1 aliphatic rings. The van der Waals surface area contributed by atoms with Crippen molar-refractivity contribution in [1.82, 2.24) is 19.3 Å². The molecule has 0 unspecified atom stereocenters. The molecule has 3 aromatic rings. The molecule has 44 heavy (non-hydrogen) atoms. The van der Waals surface area contributed by atoms with Crippen LogP contribution in [-0.2, 0) is 21.5 Å². The van der Waals surface area contributed by atoms with Crippen LogP contribution in [0, 0.1) is 23.6 Å². The van der Waals surface area contributed by atoms with Crippen LogP contribution in [-0.4, -0.2) is 74.0 Å². The third-order valence-electron chi connectivity index (χ3n) is 7.03. The van der Waals surface area contributed by atoms with Gasteiger partial charge in [-0.3, -0.25) is 14.6 Å². The minimum Gasteiger partial charge on any atom is -0.494 e. The lowest BCUT2D eigenvalue weighted by Crippen LogP contribution is -2.55. The summed E-state index contributed by atoms with van der Waals surface area (Å²) >= 11 is 0. The van der Waals surface area contributed by atoms with Crippen molar-refractivity contribution >= 4 is 27.8 Å². The van der Waals surface area contributed by atoms with Crippen LogP contribution in [0.5, 0.6) is 5.75 Å². The fourth-order valence-corrected chi connectivity index (χ4v) is 6.00. The molecule has 2 aromatic carbocycles. The van der Waals surface area contributed by atoms with Gasteiger partial charge in [0.25, 0.3) is 16.1 Å². The molecule has 11 nitrogen and oxygen atoms in total. The van der Waals surface area contributed by atoms with E-state index in [-0.39, 0.29) is 31.1 Å². The van der Waals surface area contributed by atoms with E-state index in [0.717, 1.165) is 11.3 Å². The molecule has 1 aromatic heterocycles. The van der Waals surface area contributed by atoms with Gasteiger partial charge in [0.1, 0.15) is 11.7 Å². The van der Waals surface area contributed by atoms with Crippen molar-refractivity contribution in [1.29, 1.82) is 0 Å². The minimum atomic E-state index is -3.94. The maximum absolute atomic E-state index is 13.6. The third-order valence-corrected chi connectivity index (χ3v) is 8.63. The number of nitrogens with zero attached hydrogens (tertiary/aromatic N) is 3. The second kappa shape index (κ2) is 14.3. The average Bonchev–Trinajstić information content (AvgIpc) is 3.02. The Morgan fingerprint density at radius 3 is 2.34 bits per heavy atom. The number of nitrogens with one attached hydrogen (secondary N) is 2. The SMILES string of the molecule is COc1cc(CNC(=O)c2cc(C#Cc3ccc(N4CCN(S(=O)(=O)N[C@@H](C(=O)O)C(C)C)CC4)cc3)ccn2)ccc1F. The number of carboxylic acid groups (broad SMARTS) is 1. The number of hydrogen-bond donors (Lipinski definition) is 3. The number of pyridine rings is 1. The highest BCUT2D eigenvalue weighted by molar-refractivity contribution is 7.87. The summed E-state index contributed by atoms with van der Waals surface area (Å²) in [4.78, 5) is 30.2. The second-order valence-corrected chi connectivity index (χ2v) is 12.1. The van der Waals surface area contributed by atoms with Crippen molar-refractivity contribution in [2.75, 3.05) is 38.2 Å². The van der Waals surface area contributed by atoms with Gasteiger partial charge in [0.05, 0.1) is 7.11 Å². The van der Waals surface area contributed by atoms with E-state index in [0.29, 0.717) is 24.2 Å². The maximum Gasteiger partial charge on any atom is 0.322 e. The van der Waals surface area contributed by atoms with Gasteiger partial charge in [-0.25, -0.2) is 4.39 Å². The van der Waals surface area contributed by atoms with Gasteiger partial charge in [-0.15, -0.1) is 0 Å². The number of carboxylic acids is 1. The van der Waals surface area contributed by atoms with Crippen LogP contribution < -0.4 is 19.7 Å². The van der Waals surface area contributed by atoms with Gasteiger partial charge < -0.3 is 20.1 Å². The van der Waals surface area contributed by atoms with Crippen LogP contribution in [0.2, 0.25) is 0 Å². The molecule has 2 heterocycles. The molecule has 232 valence electrons. The van der Waals surface area contributed by atoms with Gasteiger partial charge in [-0.2, -0.15) is 17.4 Å². The van der Waals surface area contributed by atoms with E-state index in [9.17, 15) is 27.5 Å². The van der Waals surface area contributed by atoms with Gasteiger partial charge in [0.15, 0.2) is 11.6 Å². The Morgan fingerprint density at radius 1 is 1.02 bits per heavy atom. The number of hydrogen-bond acceptors (Lipinski definition) is 7. The Hall–Kier alpha value is -4.51. The summed E-state index contributed by atoms with van der Waals surface area (Å²) < 4.78 is 47.6. The van der Waals surface area contributed by atoms with Gasteiger partial charge in [-0.05, 0) is 60.0 Å². The topological polar surface area (TPSA) is 141 Å². The summed E-state index contributed by atoms with van der Waals surface area (Å²) in [7, 11) is -2.56. The summed E-state index contributed by atoms with van der Waals surface area (Å²) in [5.41, 5.74) is 3.13. The highest BCUT2D eigenvalue weighted by Gasteiger charge is 2.33. The maximum atomic E-state index is 13.6. The molecule has 1 atom stereocenters. The van der Waals surface area contributed by atoms with Crippen LogP contribution in [0.15, 0.2) is 60.8 Å². The first-order valence-corrected chi connectivity index (χ1v) is 15.3. The summed E-state index contributed by atoms with van der Waals surface area (Å²) in [6.07, 6.45) is 1.50. The van der Waals surface area contributed by atoms with Crippen molar-refractivity contribution in [3.8, 4) is 17.6 Å². The van der Waals surface area contributed by atoms with Crippen LogP contribution >= 0.6 is 0 Å². The summed E-state index contributed by atoms with van der Waals surface area (Å²) in [5, 5.41) is 12.1. The summed E-state index contributed by atoms with van der Waals surface area (Å²) in [5.74, 6) is 3.73. The van der Waals surface area contributed by atoms with Crippen LogP contribution in [0.4, 0.5) is 10.1 Å². The highest BCUT2D eigenvalue weighted by Crippen LogP contribution is 2.20. The Bertz CT molecular complexity index is 1660. The Labute approximate surface area is 256 Å². The molecule has 3 N–H and O–H groups in total. The zero-order valence-corrected chi connectivity index (χ0v) is 25.4. The molecule has 0 bridgehead atoms. The van der Waals surface area contributed by atoms with Crippen molar-refractivity contribution < 1.29 is 32.2 Å². The number of methoxy groups -OCH3 is 1. The number of anilines is 1. The van der Waals surface area contributed by atoms with Gasteiger partial charge in [0.2, 0.25) is 0 Å². The fourth-order valence-electron chi connectivity index (χ4n) is 4.51. The van der Waals surface area contributed by atoms with E-state index in [2.05, 4.69) is 31.8 Å². The second-order valence-electron chi connectivity index (χ2n) is 10.4. The monoisotopic (exact) mass is 623 g/mol. The molecular weight excluding hydrogens is 589 g/mol. The Morgan fingerprint density at radius 2 is 1.70 bits per heavy atom. The fraction of sp³-hybridized carbons (Fsp3) is 0.323. The number of piperazine rings is 1. The molecule has 0 saturated carbocycles. The standard InChI is InChI=1S/C31H34FN5O6S/c1-21(2)29(31(39)40)35-44(41,42)37-16-14-36(15-17-37)25-9-6-22(7-10-25)4-5-23-12-13-33-27(18-23)30(38)34-20-24-8-11-26(32)28(19-24)43-3/h6-13,18-19,21,29,35H,14-17,20H2,1-3H3,(H,34,38)(H,39,40)/t29-/m1/s1. The molecule has 1 amide bonds. The molecule has 0 radical (unpaired) electrons. The van der Waals surface area contributed by atoms with Gasteiger partial charge >= 0.3 is 5.97 Å². The van der Waals surface area contributed by atoms with Gasteiger partial charge in [0, 0.05) is 55.7 Å². The van der Waals surface area contributed by atoms with Crippen LogP contribution in [0.25, 0.3) is 0 Å². The Balaban J connectivity index is 1.32. The third kappa shape index (κ3) is 8.31. The first-order valence-electron chi connectivity index (χ1n) is 13.9. The molecule has 1 aliphatic heterocycles. The van der Waals surface area contributed by atoms with Crippen molar-refractivity contribution in [2.24, 2.45) is 5.92 Å². The van der Waals surface area contributed by atoms with E-state index in [1.165, 1.54) is 29.7 Å². The highest BCUT2D eigenvalue weighted by atomic mass is 32.2. The smallest absolute Gasteiger partial charge is 0.322 e. The Kier molecular flexibility index (Phi) is 10.5. The quantitative estimate of drug-likeness (QED) is 0.293. The predicted molar refractivity (Wildman–Crippen MR) is 163 cm³/mol. The number of carbonyl (C=O) groups is 2. The first kappa shape index (κ1) is 32.4. The van der Waals surface area contributed by atoms with E-state index >= 15 is 0 Å². The van der Waals surface area contributed by atoms with Gasteiger partial charge in [-0.1, -0.05) is 31.8 Å². The van der Waals surface area contributed by atoms with E-state index in [1.54, 1.807) is 32.0 Å². The summed E-state index contributed by atoms with van der Waals surface area (Å²) in [6, 6.07) is 14.0. The molecule has 4 rings (SSSR count). The molecule has 1 fully saturated rings. The zero-order chi connectivity index (χ0) is 31.9. The van der Waals surface area contributed by atoms with E-state index in [4.69, 9.17) is 4.74 Å². The zero-order valence-electron chi connectivity index (χ0n) is 24.6. The average molecular weight is 624 g/mol. The normalized spacial score (nSPS) is 14.4. The number of carbonyl (C=O) groups excluding carboxylic acids is 1. The predicted octanol–water partition coefficient (Wildman–Crippen LogP) is 2.62. The number of amides is 1. The van der Waals surface area contributed by atoms with E-state index in [1.807, 2.05) is 24.3 Å². The molecule has 0 spiro atoms. The number of halogens is 1. The minimum absolute atomic E-state index is 0.0977. The van der Waals surface area contributed by atoms with Crippen LogP contribution in [0.1, 0.15) is 41.0 Å². The molecular formula is C31H34FN5O6S. The molecule has 1 saturated heterocycles. The number of rotatable bonds is 10. The lowest BCUT2D eigenvalue weighted by atomic mass is 10.1. The van der Waals surface area contributed by atoms with Crippen molar-refractivity contribution in [3.05, 3.63) is 89.0 Å². The number of aliphatic carboxylic acids is 1. The lowest BCUT2D eigenvalue weighted by Gasteiger charge is -2.36. The summed E-state index contributed by atoms with van der Waals surface area (Å²) in [6.45, 7) is 4.80. The van der Waals surface area contributed by atoms with Crippen molar-refractivity contribution in [3.63, 3.8) is 0 Å². The number of aromatic nitrogens is 1. The number of benzene rings is 2. The molecule has 0 aliphatic carbocycles. The molecule has 13 heteroatoms. The van der Waals surface area contributed by atoms with Crippen LogP contribution in [0.3, 0.4) is 0 Å². The first-order chi connectivity index (χ1) is 21.0.